The summed E-state index contributed by atoms with van der Waals surface area (Å²) in [4.78, 5) is 16.4. The number of methoxy groups -OCH3 is 2. The fraction of sp³-hybridized carbons (Fsp3) is 0.222. The lowest BCUT2D eigenvalue weighted by Crippen LogP contribution is -2.30. The van der Waals surface area contributed by atoms with Crippen LogP contribution >= 0.6 is 11.3 Å². The molecule has 0 bridgehead atoms. The minimum atomic E-state index is -3.69. The summed E-state index contributed by atoms with van der Waals surface area (Å²) in [6.07, 6.45) is -0.274. The van der Waals surface area contributed by atoms with E-state index in [1.807, 2.05) is 0 Å². The van der Waals surface area contributed by atoms with Gasteiger partial charge >= 0.3 is 0 Å². The van der Waals surface area contributed by atoms with Crippen LogP contribution in [0.2, 0.25) is 0 Å². The third kappa shape index (κ3) is 4.74. The molecular formula is C18H18FN3O5S2. The van der Waals surface area contributed by atoms with Gasteiger partial charge in [0.15, 0.2) is 9.84 Å². The van der Waals surface area contributed by atoms with Crippen LogP contribution in [0, 0.1) is 5.82 Å². The molecule has 0 fully saturated rings. The monoisotopic (exact) mass is 439 g/mol. The lowest BCUT2D eigenvalue weighted by Gasteiger charge is -2.06. The first-order valence-corrected chi connectivity index (χ1v) is 10.9. The number of sulfone groups is 1. The van der Waals surface area contributed by atoms with E-state index in [-0.39, 0.29) is 11.3 Å². The number of amides is 1. The van der Waals surface area contributed by atoms with Crippen molar-refractivity contribution < 1.29 is 27.1 Å². The quantitative estimate of drug-likeness (QED) is 0.411. The number of halogens is 1. The van der Waals surface area contributed by atoms with Gasteiger partial charge in [-0.25, -0.2) is 17.8 Å². The second-order valence-corrected chi connectivity index (χ2v) is 8.97. The van der Waals surface area contributed by atoms with Gasteiger partial charge in [0.2, 0.25) is 11.0 Å². The zero-order chi connectivity index (χ0) is 21.0. The Morgan fingerprint density at radius 1 is 1.10 bits per heavy atom. The van der Waals surface area contributed by atoms with E-state index < -0.39 is 27.3 Å². The van der Waals surface area contributed by atoms with E-state index in [4.69, 9.17) is 9.47 Å². The molecule has 2 N–H and O–H groups in total. The number of thiazole rings is 1. The molecule has 8 nitrogen and oxygen atoms in total. The van der Waals surface area contributed by atoms with Gasteiger partial charge in [-0.1, -0.05) is 11.3 Å². The van der Waals surface area contributed by atoms with E-state index in [1.165, 1.54) is 37.7 Å². The van der Waals surface area contributed by atoms with Crippen molar-refractivity contribution in [3.8, 4) is 11.5 Å². The normalized spacial score (nSPS) is 11.3. The maximum Gasteiger partial charge on any atom is 0.239 e. The molecule has 1 amide bonds. The number of fused-ring (bicyclic) bond motifs is 1. The van der Waals surface area contributed by atoms with Crippen molar-refractivity contribution in [2.24, 2.45) is 0 Å². The Morgan fingerprint density at radius 2 is 1.76 bits per heavy atom. The van der Waals surface area contributed by atoms with E-state index in [1.54, 1.807) is 12.1 Å². The molecule has 0 saturated carbocycles. The maximum absolute atomic E-state index is 12.9. The van der Waals surface area contributed by atoms with Crippen LogP contribution in [0.15, 0.2) is 41.3 Å². The van der Waals surface area contributed by atoms with Gasteiger partial charge in [0.1, 0.15) is 27.5 Å². The van der Waals surface area contributed by atoms with Crippen molar-refractivity contribution in [1.29, 1.82) is 0 Å². The van der Waals surface area contributed by atoms with Gasteiger partial charge in [-0.3, -0.25) is 15.6 Å². The molecule has 1 aromatic heterocycles. The average molecular weight is 439 g/mol. The molecule has 0 unspecified atom stereocenters. The predicted molar refractivity (Wildman–Crippen MR) is 108 cm³/mol. The first-order chi connectivity index (χ1) is 13.8. The lowest BCUT2D eigenvalue weighted by atomic mass is 10.3. The highest BCUT2D eigenvalue weighted by Gasteiger charge is 2.17. The number of hydrogen-bond donors (Lipinski definition) is 2. The summed E-state index contributed by atoms with van der Waals surface area (Å²) in [7, 11) is -0.631. The fourth-order valence-corrected chi connectivity index (χ4v) is 4.68. The summed E-state index contributed by atoms with van der Waals surface area (Å²) in [6.45, 7) is 0. The van der Waals surface area contributed by atoms with Crippen LogP contribution in [0.1, 0.15) is 6.42 Å². The Labute approximate surface area is 170 Å². The van der Waals surface area contributed by atoms with Crippen LogP contribution in [0.5, 0.6) is 11.5 Å². The number of hydrogen-bond acceptors (Lipinski definition) is 8. The summed E-state index contributed by atoms with van der Waals surface area (Å²) in [5.41, 5.74) is 5.67. The van der Waals surface area contributed by atoms with Crippen LogP contribution in [-0.4, -0.2) is 39.3 Å². The van der Waals surface area contributed by atoms with Crippen LogP contribution in [0.25, 0.3) is 10.2 Å². The lowest BCUT2D eigenvalue weighted by molar-refractivity contribution is -0.120. The van der Waals surface area contributed by atoms with Crippen molar-refractivity contribution in [3.05, 3.63) is 42.2 Å². The second-order valence-electron chi connectivity index (χ2n) is 5.86. The zero-order valence-electron chi connectivity index (χ0n) is 15.6. The predicted octanol–water partition coefficient (Wildman–Crippen LogP) is 2.76. The van der Waals surface area contributed by atoms with Crippen molar-refractivity contribution in [2.45, 2.75) is 11.3 Å². The molecule has 0 spiro atoms. The first kappa shape index (κ1) is 20.8. The summed E-state index contributed by atoms with van der Waals surface area (Å²) in [6, 6.07) is 7.94. The number of hydrazine groups is 1. The smallest absolute Gasteiger partial charge is 0.239 e. The number of nitrogens with one attached hydrogen (secondary N) is 2. The molecule has 29 heavy (non-hydrogen) atoms. The average Bonchev–Trinajstić information content (AvgIpc) is 3.14. The number of nitrogens with zero attached hydrogens (tertiary/aromatic N) is 1. The minimum Gasteiger partial charge on any atom is -0.495 e. The van der Waals surface area contributed by atoms with Crippen molar-refractivity contribution >= 4 is 42.4 Å². The number of anilines is 1. The van der Waals surface area contributed by atoms with Crippen LogP contribution in [0.4, 0.5) is 9.52 Å². The molecule has 0 aliphatic heterocycles. The molecule has 0 aliphatic carbocycles. The van der Waals surface area contributed by atoms with E-state index in [0.29, 0.717) is 22.1 Å². The highest BCUT2D eigenvalue weighted by Crippen LogP contribution is 2.38. The molecule has 0 saturated heterocycles. The van der Waals surface area contributed by atoms with Crippen molar-refractivity contribution in [2.75, 3.05) is 25.4 Å². The summed E-state index contributed by atoms with van der Waals surface area (Å²) >= 11 is 1.25. The molecule has 0 atom stereocenters. The van der Waals surface area contributed by atoms with Crippen LogP contribution in [-0.2, 0) is 14.6 Å². The topological polar surface area (TPSA) is 107 Å². The Balaban J connectivity index is 1.63. The van der Waals surface area contributed by atoms with Gasteiger partial charge in [-0.15, -0.1) is 0 Å². The molecule has 0 radical (unpaired) electrons. The molecule has 3 aromatic rings. The van der Waals surface area contributed by atoms with Gasteiger partial charge < -0.3 is 9.47 Å². The van der Waals surface area contributed by atoms with E-state index in [9.17, 15) is 17.6 Å². The Hall–Kier alpha value is -2.92. The number of carbonyl (C=O) groups excluding carboxylic acids is 1. The summed E-state index contributed by atoms with van der Waals surface area (Å²) < 4.78 is 48.7. The molecule has 3 rings (SSSR count). The molecule has 11 heteroatoms. The van der Waals surface area contributed by atoms with Gasteiger partial charge in [-0.2, -0.15) is 0 Å². The number of ether oxygens (including phenoxy) is 2. The SMILES string of the molecule is COc1ccc(OC)c2sc(NNC(=O)CCS(=O)(=O)c3ccc(F)cc3)nc12. The second kappa shape index (κ2) is 8.62. The van der Waals surface area contributed by atoms with Gasteiger partial charge in [0.05, 0.1) is 24.9 Å². The maximum atomic E-state index is 12.9. The standard InChI is InChI=1S/C18H18FN3O5S2/c1-26-13-7-8-14(27-2)17-16(13)20-18(28-17)22-21-15(23)9-10-29(24,25)12-5-3-11(19)4-6-12/h3-8H,9-10H2,1-2H3,(H,20,22)(H,21,23). The first-order valence-electron chi connectivity index (χ1n) is 8.39. The number of benzene rings is 2. The van der Waals surface area contributed by atoms with E-state index in [2.05, 4.69) is 15.8 Å². The summed E-state index contributed by atoms with van der Waals surface area (Å²) in [5.74, 6) is -0.304. The molecule has 1 heterocycles. The molecular weight excluding hydrogens is 421 g/mol. The Kier molecular flexibility index (Phi) is 6.18. The largest absolute Gasteiger partial charge is 0.495 e. The highest BCUT2D eigenvalue weighted by molar-refractivity contribution is 7.91. The third-order valence-corrected chi connectivity index (χ3v) is 6.71. The molecule has 0 aliphatic rings. The van der Waals surface area contributed by atoms with Crippen molar-refractivity contribution in [3.63, 3.8) is 0 Å². The fourth-order valence-electron chi connectivity index (χ4n) is 2.51. The number of carbonyl (C=O) groups is 1. The van der Waals surface area contributed by atoms with Crippen LogP contribution in [0.3, 0.4) is 0 Å². The van der Waals surface area contributed by atoms with E-state index in [0.717, 1.165) is 16.8 Å². The third-order valence-electron chi connectivity index (χ3n) is 3.99. The Bertz CT molecular complexity index is 1090. The number of rotatable bonds is 8. The van der Waals surface area contributed by atoms with Crippen LogP contribution < -0.4 is 20.3 Å². The van der Waals surface area contributed by atoms with Crippen molar-refractivity contribution in [1.82, 2.24) is 10.4 Å². The number of aromatic nitrogens is 1. The Morgan fingerprint density at radius 3 is 2.41 bits per heavy atom. The van der Waals surface area contributed by atoms with Gasteiger partial charge in [-0.05, 0) is 36.4 Å². The minimum absolute atomic E-state index is 0.0370. The molecule has 154 valence electrons. The molecule has 2 aromatic carbocycles. The zero-order valence-corrected chi connectivity index (χ0v) is 17.2. The van der Waals surface area contributed by atoms with Gasteiger partial charge in [0, 0.05) is 6.42 Å². The van der Waals surface area contributed by atoms with E-state index >= 15 is 0 Å². The van der Waals surface area contributed by atoms with Gasteiger partial charge in [0.25, 0.3) is 0 Å². The highest BCUT2D eigenvalue weighted by atomic mass is 32.2. The summed E-state index contributed by atoms with van der Waals surface area (Å²) in [5, 5.41) is 0.387.